The maximum atomic E-state index is 12.8. The molecule has 5 nitrogen and oxygen atoms in total. The molecule has 0 aromatic carbocycles. The maximum Gasteiger partial charge on any atom is 0.338 e. The van der Waals surface area contributed by atoms with Gasteiger partial charge in [-0.25, -0.2) is 14.0 Å². The monoisotopic (exact) mass is 314 g/mol. The summed E-state index contributed by atoms with van der Waals surface area (Å²) in [5.41, 5.74) is -0.00709. The van der Waals surface area contributed by atoms with Crippen molar-refractivity contribution in [2.45, 2.75) is 70.0 Å². The molecule has 0 spiro atoms. The summed E-state index contributed by atoms with van der Waals surface area (Å²) in [5, 5.41) is 14.3. The summed E-state index contributed by atoms with van der Waals surface area (Å²) in [6.45, 7) is 2.71. The molecule has 0 radical (unpaired) electrons. The van der Waals surface area contributed by atoms with Gasteiger partial charge in [-0.05, 0) is 63.2 Å². The molecule has 126 valence electrons. The van der Waals surface area contributed by atoms with Crippen molar-refractivity contribution >= 4 is 12.0 Å². The molecular formula is C16H27FN2O3. The minimum Gasteiger partial charge on any atom is -0.479 e. The number of nitrogens with one attached hydrogen (secondary N) is 2. The third kappa shape index (κ3) is 4.85. The van der Waals surface area contributed by atoms with Crippen LogP contribution in [0.1, 0.15) is 58.3 Å². The third-order valence-corrected chi connectivity index (χ3v) is 5.06. The van der Waals surface area contributed by atoms with Crippen LogP contribution in [-0.2, 0) is 4.79 Å². The Morgan fingerprint density at radius 3 is 2.55 bits per heavy atom. The van der Waals surface area contributed by atoms with Gasteiger partial charge in [-0.2, -0.15) is 0 Å². The molecule has 6 heteroatoms. The second-order valence-corrected chi connectivity index (χ2v) is 6.99. The molecule has 3 N–H and O–H groups in total. The topological polar surface area (TPSA) is 78.4 Å². The van der Waals surface area contributed by atoms with Crippen LogP contribution in [0, 0.1) is 11.8 Å². The summed E-state index contributed by atoms with van der Waals surface area (Å²) in [6.07, 6.45) is 4.91. The van der Waals surface area contributed by atoms with Crippen LogP contribution in [-0.4, -0.2) is 35.4 Å². The fourth-order valence-corrected chi connectivity index (χ4v) is 3.23. The largest absolute Gasteiger partial charge is 0.479 e. The minimum atomic E-state index is -1.80. The average Bonchev–Trinajstić information content (AvgIpc) is 3.10. The first-order valence-electron chi connectivity index (χ1n) is 8.35. The summed E-state index contributed by atoms with van der Waals surface area (Å²) in [5.74, 6) is 0.148. The third-order valence-electron chi connectivity index (χ3n) is 5.06. The molecule has 0 bridgehead atoms. The molecule has 2 rings (SSSR count). The van der Waals surface area contributed by atoms with E-state index in [1.54, 1.807) is 0 Å². The van der Waals surface area contributed by atoms with Crippen LogP contribution in [0.25, 0.3) is 0 Å². The van der Waals surface area contributed by atoms with Gasteiger partial charge in [0.05, 0.1) is 0 Å². The van der Waals surface area contributed by atoms with Gasteiger partial charge in [0, 0.05) is 12.1 Å². The lowest BCUT2D eigenvalue weighted by atomic mass is 9.73. The molecule has 2 aliphatic rings. The number of carboxylic acid groups (broad SMARTS) is 1. The quantitative estimate of drug-likeness (QED) is 0.573. The number of carboxylic acids is 1. The van der Waals surface area contributed by atoms with Crippen LogP contribution in [0.2, 0.25) is 0 Å². The Labute approximate surface area is 131 Å². The SMILES string of the molecule is C[C@H]1CC1CC1(NC(=O)NCCCCC(F)C(=O)O)CCC1. The molecule has 0 saturated heterocycles. The van der Waals surface area contributed by atoms with Crippen molar-refractivity contribution in [3.05, 3.63) is 0 Å². The second kappa shape index (κ2) is 7.29. The number of hydrogen-bond acceptors (Lipinski definition) is 2. The first-order valence-corrected chi connectivity index (χ1v) is 8.35. The predicted molar refractivity (Wildman–Crippen MR) is 81.4 cm³/mol. The highest BCUT2D eigenvalue weighted by Crippen LogP contribution is 2.48. The molecule has 0 aliphatic heterocycles. The summed E-state index contributed by atoms with van der Waals surface area (Å²) in [6, 6.07) is -0.150. The van der Waals surface area contributed by atoms with E-state index in [1.165, 1.54) is 12.8 Å². The highest BCUT2D eigenvalue weighted by molar-refractivity contribution is 5.75. The lowest BCUT2D eigenvalue weighted by Gasteiger charge is -2.43. The predicted octanol–water partition coefficient (Wildman–Crippen LogP) is 2.85. The van der Waals surface area contributed by atoms with Crippen LogP contribution >= 0.6 is 0 Å². The van der Waals surface area contributed by atoms with Gasteiger partial charge in [-0.3, -0.25) is 0 Å². The van der Waals surface area contributed by atoms with Gasteiger partial charge in [0.2, 0.25) is 0 Å². The van der Waals surface area contributed by atoms with Gasteiger partial charge in [0.15, 0.2) is 6.17 Å². The van der Waals surface area contributed by atoms with Crippen molar-refractivity contribution in [3.63, 3.8) is 0 Å². The number of hydrogen-bond donors (Lipinski definition) is 3. The summed E-state index contributed by atoms with van der Waals surface area (Å²) in [7, 11) is 0. The Bertz CT molecular complexity index is 412. The van der Waals surface area contributed by atoms with E-state index in [1.807, 2.05) is 0 Å². The summed E-state index contributed by atoms with van der Waals surface area (Å²) in [4.78, 5) is 22.3. The Morgan fingerprint density at radius 1 is 1.36 bits per heavy atom. The van der Waals surface area contributed by atoms with E-state index >= 15 is 0 Å². The van der Waals surface area contributed by atoms with E-state index in [2.05, 4.69) is 17.6 Å². The lowest BCUT2D eigenvalue weighted by molar-refractivity contribution is -0.143. The van der Waals surface area contributed by atoms with Crippen molar-refractivity contribution in [2.24, 2.45) is 11.8 Å². The number of halogens is 1. The summed E-state index contributed by atoms with van der Waals surface area (Å²) < 4.78 is 12.8. The number of unbranched alkanes of at least 4 members (excludes halogenated alkanes) is 1. The van der Waals surface area contributed by atoms with Crippen molar-refractivity contribution < 1.29 is 19.1 Å². The number of alkyl halides is 1. The zero-order valence-corrected chi connectivity index (χ0v) is 13.2. The first-order chi connectivity index (χ1) is 10.4. The van der Waals surface area contributed by atoms with Crippen LogP contribution < -0.4 is 10.6 Å². The van der Waals surface area contributed by atoms with Crippen LogP contribution in [0.4, 0.5) is 9.18 Å². The Kier molecular flexibility index (Phi) is 5.64. The molecule has 22 heavy (non-hydrogen) atoms. The highest BCUT2D eigenvalue weighted by Gasteiger charge is 2.45. The van der Waals surface area contributed by atoms with E-state index in [-0.39, 0.29) is 18.0 Å². The van der Waals surface area contributed by atoms with Gasteiger partial charge in [-0.15, -0.1) is 0 Å². The van der Waals surface area contributed by atoms with E-state index in [9.17, 15) is 14.0 Å². The molecule has 0 heterocycles. The Balaban J connectivity index is 1.58. The van der Waals surface area contributed by atoms with Crippen molar-refractivity contribution in [1.29, 1.82) is 0 Å². The molecular weight excluding hydrogens is 287 g/mol. The summed E-state index contributed by atoms with van der Waals surface area (Å²) >= 11 is 0. The van der Waals surface area contributed by atoms with E-state index < -0.39 is 12.1 Å². The van der Waals surface area contributed by atoms with E-state index in [0.29, 0.717) is 19.4 Å². The van der Waals surface area contributed by atoms with Gasteiger partial charge in [0.25, 0.3) is 0 Å². The van der Waals surface area contributed by atoms with E-state index in [0.717, 1.165) is 31.1 Å². The van der Waals surface area contributed by atoms with Gasteiger partial charge < -0.3 is 15.7 Å². The average molecular weight is 314 g/mol. The standard InChI is InChI=1S/C16H27FN2O3/c1-11-9-12(11)10-16(6-4-7-16)19-15(22)18-8-3-2-5-13(17)14(20)21/h11-13H,2-10H2,1H3,(H,20,21)(H2,18,19,22)/t11-,12?,13?/m0/s1. The molecule has 2 amide bonds. The lowest BCUT2D eigenvalue weighted by Crippen LogP contribution is -2.56. The molecule has 2 fully saturated rings. The van der Waals surface area contributed by atoms with Crippen molar-refractivity contribution in [1.82, 2.24) is 10.6 Å². The highest BCUT2D eigenvalue weighted by atomic mass is 19.1. The molecule has 2 saturated carbocycles. The zero-order chi connectivity index (χ0) is 16.2. The van der Waals surface area contributed by atoms with E-state index in [4.69, 9.17) is 5.11 Å². The van der Waals surface area contributed by atoms with Gasteiger partial charge >= 0.3 is 12.0 Å². The van der Waals surface area contributed by atoms with Gasteiger partial charge in [0.1, 0.15) is 0 Å². The first kappa shape index (κ1) is 17.0. The number of aliphatic carboxylic acids is 1. The molecule has 0 aromatic heterocycles. The number of amides is 2. The fourth-order valence-electron chi connectivity index (χ4n) is 3.23. The Hall–Kier alpha value is -1.33. The minimum absolute atomic E-state index is 0.00212. The molecule has 0 aromatic rings. The zero-order valence-electron chi connectivity index (χ0n) is 13.2. The van der Waals surface area contributed by atoms with Crippen molar-refractivity contribution in [3.8, 4) is 0 Å². The van der Waals surface area contributed by atoms with Crippen LogP contribution in [0.15, 0.2) is 0 Å². The smallest absolute Gasteiger partial charge is 0.338 e. The number of rotatable bonds is 9. The molecule has 2 aliphatic carbocycles. The fraction of sp³-hybridized carbons (Fsp3) is 0.875. The number of carbonyl (C=O) groups excluding carboxylic acids is 1. The molecule has 3 atom stereocenters. The van der Waals surface area contributed by atoms with Gasteiger partial charge in [-0.1, -0.05) is 6.92 Å². The number of carbonyl (C=O) groups is 2. The number of urea groups is 1. The normalized spacial score (nSPS) is 26.6. The van der Waals surface area contributed by atoms with Crippen LogP contribution in [0.5, 0.6) is 0 Å². The second-order valence-electron chi connectivity index (χ2n) is 6.99. The maximum absolute atomic E-state index is 12.8. The molecule has 2 unspecified atom stereocenters. The van der Waals surface area contributed by atoms with Crippen molar-refractivity contribution in [2.75, 3.05) is 6.54 Å². The van der Waals surface area contributed by atoms with Crippen LogP contribution in [0.3, 0.4) is 0 Å². The Morgan fingerprint density at radius 2 is 2.05 bits per heavy atom.